The predicted molar refractivity (Wildman–Crippen MR) is 55.2 cm³/mol. The van der Waals surface area contributed by atoms with Gasteiger partial charge in [-0.25, -0.2) is 4.39 Å². The zero-order valence-corrected chi connectivity index (χ0v) is 8.74. The highest BCUT2D eigenvalue weighted by Crippen LogP contribution is 2.23. The number of hydrogen-bond acceptors (Lipinski definition) is 2. The topological polar surface area (TPSA) is 37.3 Å². The molecule has 1 aromatic rings. The third-order valence-corrected chi connectivity index (χ3v) is 2.90. The van der Waals surface area contributed by atoms with Crippen molar-refractivity contribution in [3.63, 3.8) is 0 Å². The Morgan fingerprint density at radius 3 is 2.93 bits per heavy atom. The van der Waals surface area contributed by atoms with Crippen molar-refractivity contribution in [1.29, 1.82) is 0 Å². The van der Waals surface area contributed by atoms with E-state index in [1.807, 2.05) is 0 Å². The van der Waals surface area contributed by atoms with Crippen LogP contribution < -0.4 is 0 Å². The van der Waals surface area contributed by atoms with Crippen LogP contribution in [0, 0.1) is 5.82 Å². The standard InChI is InChI=1S/C9H8ClFO2S/c10-9-6(2-1-3-7(9)11)4-14-5-8(12)13/h1-3H,4-5H2,(H,12,13). The van der Waals surface area contributed by atoms with E-state index in [0.717, 1.165) is 0 Å². The molecule has 1 aromatic carbocycles. The molecule has 0 bridgehead atoms. The molecule has 0 aliphatic rings. The lowest BCUT2D eigenvalue weighted by Gasteiger charge is -2.03. The molecule has 0 heterocycles. The summed E-state index contributed by atoms with van der Waals surface area (Å²) in [7, 11) is 0. The van der Waals surface area contributed by atoms with Crippen molar-refractivity contribution in [3.8, 4) is 0 Å². The highest BCUT2D eigenvalue weighted by Gasteiger charge is 2.06. The van der Waals surface area contributed by atoms with E-state index >= 15 is 0 Å². The summed E-state index contributed by atoms with van der Waals surface area (Å²) in [4.78, 5) is 10.2. The Hall–Kier alpha value is -0.740. The second-order valence-electron chi connectivity index (χ2n) is 2.60. The molecule has 0 saturated heterocycles. The molecular formula is C9H8ClFO2S. The van der Waals surface area contributed by atoms with E-state index in [9.17, 15) is 9.18 Å². The van der Waals surface area contributed by atoms with Crippen molar-refractivity contribution in [2.45, 2.75) is 5.75 Å². The molecule has 2 nitrogen and oxygen atoms in total. The molecule has 0 amide bonds. The predicted octanol–water partition coefficient (Wildman–Crippen LogP) is 2.80. The summed E-state index contributed by atoms with van der Waals surface area (Å²) in [5.74, 6) is -0.960. The maximum Gasteiger partial charge on any atom is 0.313 e. The normalized spacial score (nSPS) is 10.1. The van der Waals surface area contributed by atoms with Crippen molar-refractivity contribution in [2.24, 2.45) is 0 Å². The van der Waals surface area contributed by atoms with Crippen molar-refractivity contribution >= 4 is 29.3 Å². The van der Waals surface area contributed by atoms with Crippen molar-refractivity contribution < 1.29 is 14.3 Å². The Kier molecular flexibility index (Phi) is 4.22. The molecule has 0 aromatic heterocycles. The molecule has 0 unspecified atom stereocenters. The molecular weight excluding hydrogens is 227 g/mol. The number of benzene rings is 1. The van der Waals surface area contributed by atoms with E-state index in [-0.39, 0.29) is 10.8 Å². The number of halogens is 2. The van der Waals surface area contributed by atoms with Gasteiger partial charge in [-0.05, 0) is 11.6 Å². The van der Waals surface area contributed by atoms with Crippen LogP contribution in [-0.2, 0) is 10.5 Å². The number of hydrogen-bond donors (Lipinski definition) is 1. The lowest BCUT2D eigenvalue weighted by atomic mass is 10.2. The van der Waals surface area contributed by atoms with Crippen molar-refractivity contribution in [3.05, 3.63) is 34.6 Å². The molecule has 1 rings (SSSR count). The highest BCUT2D eigenvalue weighted by molar-refractivity contribution is 7.99. The van der Waals surface area contributed by atoms with Gasteiger partial charge in [0.1, 0.15) is 5.82 Å². The van der Waals surface area contributed by atoms with E-state index < -0.39 is 11.8 Å². The van der Waals surface area contributed by atoms with Crippen molar-refractivity contribution in [1.82, 2.24) is 0 Å². The van der Waals surface area contributed by atoms with E-state index in [4.69, 9.17) is 16.7 Å². The highest BCUT2D eigenvalue weighted by atomic mass is 35.5. The molecule has 14 heavy (non-hydrogen) atoms. The van der Waals surface area contributed by atoms with Gasteiger partial charge in [-0.2, -0.15) is 0 Å². The monoisotopic (exact) mass is 234 g/mol. The van der Waals surface area contributed by atoms with Gasteiger partial charge < -0.3 is 5.11 Å². The van der Waals surface area contributed by atoms with Gasteiger partial charge in [0.15, 0.2) is 0 Å². The average molecular weight is 235 g/mol. The van der Waals surface area contributed by atoms with Crippen molar-refractivity contribution in [2.75, 3.05) is 5.75 Å². The SMILES string of the molecule is O=C(O)CSCc1cccc(F)c1Cl. The molecule has 0 saturated carbocycles. The molecule has 0 spiro atoms. The minimum absolute atomic E-state index is 0.00710. The van der Waals surface area contributed by atoms with Crippen LogP contribution in [-0.4, -0.2) is 16.8 Å². The second kappa shape index (κ2) is 5.22. The zero-order chi connectivity index (χ0) is 10.6. The zero-order valence-electron chi connectivity index (χ0n) is 7.17. The Balaban J connectivity index is 2.59. The molecule has 0 aliphatic carbocycles. The number of aliphatic carboxylic acids is 1. The number of rotatable bonds is 4. The lowest BCUT2D eigenvalue weighted by molar-refractivity contribution is -0.133. The van der Waals surface area contributed by atoms with Gasteiger partial charge in [0, 0.05) is 5.75 Å². The smallest absolute Gasteiger partial charge is 0.313 e. The van der Waals surface area contributed by atoms with Gasteiger partial charge in [0.05, 0.1) is 10.8 Å². The summed E-state index contributed by atoms with van der Waals surface area (Å²) in [5, 5.41) is 8.46. The fourth-order valence-corrected chi connectivity index (χ4v) is 1.92. The van der Waals surface area contributed by atoms with E-state index in [0.29, 0.717) is 11.3 Å². The number of carbonyl (C=O) groups is 1. The summed E-state index contributed by atoms with van der Waals surface area (Å²) in [5.41, 5.74) is 0.623. The summed E-state index contributed by atoms with van der Waals surface area (Å²) in [6.07, 6.45) is 0. The maximum atomic E-state index is 12.9. The first-order valence-electron chi connectivity index (χ1n) is 3.83. The van der Waals surface area contributed by atoms with Crippen LogP contribution in [0.1, 0.15) is 5.56 Å². The van der Waals surface area contributed by atoms with Gasteiger partial charge in [0.2, 0.25) is 0 Å². The van der Waals surface area contributed by atoms with Crippen LogP contribution in [0.15, 0.2) is 18.2 Å². The molecule has 0 fully saturated rings. The van der Waals surface area contributed by atoms with Gasteiger partial charge >= 0.3 is 5.97 Å². The summed E-state index contributed by atoms with van der Waals surface area (Å²) >= 11 is 6.86. The Morgan fingerprint density at radius 1 is 1.57 bits per heavy atom. The number of thioether (sulfide) groups is 1. The van der Waals surface area contributed by atoms with Crippen LogP contribution in [0.4, 0.5) is 4.39 Å². The van der Waals surface area contributed by atoms with Crippen LogP contribution in [0.25, 0.3) is 0 Å². The van der Waals surface area contributed by atoms with Gasteiger partial charge in [-0.15, -0.1) is 11.8 Å². The first-order chi connectivity index (χ1) is 6.61. The van der Waals surface area contributed by atoms with Gasteiger partial charge in [-0.3, -0.25) is 4.79 Å². The van der Waals surface area contributed by atoms with E-state index in [1.165, 1.54) is 17.8 Å². The molecule has 0 atom stereocenters. The Morgan fingerprint density at radius 2 is 2.29 bits per heavy atom. The Labute approximate surface area is 90.1 Å². The molecule has 1 N–H and O–H groups in total. The number of carboxylic acids is 1. The minimum atomic E-state index is -0.887. The summed E-state index contributed by atoms with van der Waals surface area (Å²) < 4.78 is 12.9. The summed E-state index contributed by atoms with van der Waals surface area (Å²) in [6.45, 7) is 0. The third kappa shape index (κ3) is 3.20. The van der Waals surface area contributed by atoms with Crippen LogP contribution in [0.2, 0.25) is 5.02 Å². The quantitative estimate of drug-likeness (QED) is 0.871. The summed E-state index contributed by atoms with van der Waals surface area (Å²) in [6, 6.07) is 4.51. The third-order valence-electron chi connectivity index (χ3n) is 1.51. The van der Waals surface area contributed by atoms with Gasteiger partial charge in [-0.1, -0.05) is 23.7 Å². The fraction of sp³-hybridized carbons (Fsp3) is 0.222. The molecule has 5 heteroatoms. The first-order valence-corrected chi connectivity index (χ1v) is 5.37. The van der Waals surface area contributed by atoms with E-state index in [2.05, 4.69) is 0 Å². The number of carboxylic acid groups (broad SMARTS) is 1. The molecule has 76 valence electrons. The van der Waals surface area contributed by atoms with Crippen LogP contribution >= 0.6 is 23.4 Å². The first kappa shape index (κ1) is 11.3. The lowest BCUT2D eigenvalue weighted by Crippen LogP contribution is -1.98. The molecule has 0 radical (unpaired) electrons. The fourth-order valence-electron chi connectivity index (χ4n) is 0.908. The second-order valence-corrected chi connectivity index (χ2v) is 3.96. The molecule has 0 aliphatic heterocycles. The minimum Gasteiger partial charge on any atom is -0.481 e. The maximum absolute atomic E-state index is 12.9. The largest absolute Gasteiger partial charge is 0.481 e. The Bertz CT molecular complexity index is 344. The van der Waals surface area contributed by atoms with Gasteiger partial charge in [0.25, 0.3) is 0 Å². The van der Waals surface area contributed by atoms with Crippen LogP contribution in [0.5, 0.6) is 0 Å². The average Bonchev–Trinajstić information content (AvgIpc) is 2.12. The van der Waals surface area contributed by atoms with E-state index in [1.54, 1.807) is 12.1 Å². The van der Waals surface area contributed by atoms with Crippen LogP contribution in [0.3, 0.4) is 0 Å².